The fourth-order valence-corrected chi connectivity index (χ4v) is 3.36. The molecule has 0 aliphatic rings. The minimum atomic E-state index is -0.158. The van der Waals surface area contributed by atoms with Gasteiger partial charge in [0, 0.05) is 17.9 Å². The summed E-state index contributed by atoms with van der Waals surface area (Å²) in [6.45, 7) is 3.39. The lowest BCUT2D eigenvalue weighted by atomic mass is 10.0. The summed E-state index contributed by atoms with van der Waals surface area (Å²) in [5.74, 6) is 0.0789. The highest BCUT2D eigenvalue weighted by Gasteiger charge is 2.16. The highest BCUT2D eigenvalue weighted by atomic mass is 16.3. The van der Waals surface area contributed by atoms with Crippen molar-refractivity contribution in [1.29, 1.82) is 0 Å². The number of amides is 1. The molecule has 0 bridgehead atoms. The van der Waals surface area contributed by atoms with Crippen LogP contribution in [0.25, 0.3) is 21.7 Å². The molecule has 4 heteroatoms. The molecule has 4 nitrogen and oxygen atoms in total. The molecule has 0 saturated carbocycles. The first-order valence-corrected chi connectivity index (χ1v) is 8.86. The second kappa shape index (κ2) is 6.72. The smallest absolute Gasteiger partial charge is 0.228 e. The van der Waals surface area contributed by atoms with E-state index in [9.17, 15) is 9.59 Å². The molecule has 0 fully saturated rings. The number of ketones is 1. The van der Waals surface area contributed by atoms with Crippen molar-refractivity contribution in [3.63, 3.8) is 0 Å². The maximum atomic E-state index is 12.8. The van der Waals surface area contributed by atoms with Crippen molar-refractivity contribution in [1.82, 2.24) is 5.32 Å². The molecule has 1 aromatic heterocycles. The van der Waals surface area contributed by atoms with Crippen LogP contribution in [0, 0.1) is 0 Å². The SMILES string of the molecule is CC(=O)N[C@H](C)c1ccc(C(=O)c2cc3c(ccc4ccccc43)o2)cc1. The summed E-state index contributed by atoms with van der Waals surface area (Å²) in [7, 11) is 0. The van der Waals surface area contributed by atoms with Gasteiger partial charge < -0.3 is 9.73 Å². The van der Waals surface area contributed by atoms with Crippen LogP contribution < -0.4 is 5.32 Å². The van der Waals surface area contributed by atoms with Crippen LogP contribution in [0.5, 0.6) is 0 Å². The summed E-state index contributed by atoms with van der Waals surface area (Å²) in [4.78, 5) is 24.0. The summed E-state index contributed by atoms with van der Waals surface area (Å²) in [5, 5.41) is 5.95. The standard InChI is InChI=1S/C23H19NO3/c1-14(24-15(2)25)16-7-9-18(10-8-16)23(26)22-13-20-19-6-4-3-5-17(19)11-12-21(20)27-22/h3-14H,1-2H3,(H,24,25)/t14-/m1/s1. The van der Waals surface area contributed by atoms with E-state index in [0.717, 1.165) is 21.7 Å². The largest absolute Gasteiger partial charge is 0.453 e. The predicted octanol–water partition coefficient (Wildman–Crippen LogP) is 5.01. The molecule has 1 heterocycles. The second-order valence-electron chi connectivity index (χ2n) is 6.68. The monoisotopic (exact) mass is 357 g/mol. The van der Waals surface area contributed by atoms with E-state index in [-0.39, 0.29) is 17.7 Å². The zero-order chi connectivity index (χ0) is 19.0. The Hall–Kier alpha value is -3.40. The van der Waals surface area contributed by atoms with Gasteiger partial charge in [0.05, 0.1) is 6.04 Å². The Kier molecular flexibility index (Phi) is 4.24. The Morgan fingerprint density at radius 1 is 0.926 bits per heavy atom. The van der Waals surface area contributed by atoms with E-state index in [4.69, 9.17) is 4.42 Å². The maximum absolute atomic E-state index is 12.8. The Bertz CT molecular complexity index is 1160. The zero-order valence-corrected chi connectivity index (χ0v) is 15.2. The van der Waals surface area contributed by atoms with Crippen LogP contribution in [0.2, 0.25) is 0 Å². The van der Waals surface area contributed by atoms with Gasteiger partial charge in [0.1, 0.15) is 5.58 Å². The van der Waals surface area contributed by atoms with Gasteiger partial charge >= 0.3 is 0 Å². The Morgan fingerprint density at radius 3 is 2.41 bits per heavy atom. The van der Waals surface area contributed by atoms with Crippen molar-refractivity contribution >= 4 is 33.4 Å². The lowest BCUT2D eigenvalue weighted by Crippen LogP contribution is -2.23. The van der Waals surface area contributed by atoms with E-state index in [1.165, 1.54) is 6.92 Å². The van der Waals surface area contributed by atoms with Crippen LogP contribution in [-0.4, -0.2) is 11.7 Å². The number of hydrogen-bond donors (Lipinski definition) is 1. The molecule has 1 N–H and O–H groups in total. The molecule has 1 atom stereocenters. The summed E-state index contributed by atoms with van der Waals surface area (Å²) < 4.78 is 5.82. The second-order valence-corrected chi connectivity index (χ2v) is 6.68. The molecule has 4 rings (SSSR count). The minimum absolute atomic E-state index is 0.0860. The van der Waals surface area contributed by atoms with Crippen LogP contribution in [0.3, 0.4) is 0 Å². The normalized spacial score (nSPS) is 12.2. The van der Waals surface area contributed by atoms with Crippen LogP contribution in [0.4, 0.5) is 0 Å². The number of fused-ring (bicyclic) bond motifs is 3. The number of carbonyl (C=O) groups is 2. The number of furan rings is 1. The van der Waals surface area contributed by atoms with Gasteiger partial charge in [-0.05, 0) is 35.4 Å². The molecule has 0 radical (unpaired) electrons. The van der Waals surface area contributed by atoms with Gasteiger partial charge in [-0.15, -0.1) is 0 Å². The summed E-state index contributed by atoms with van der Waals surface area (Å²) >= 11 is 0. The van der Waals surface area contributed by atoms with Crippen molar-refractivity contribution in [2.24, 2.45) is 0 Å². The lowest BCUT2D eigenvalue weighted by Gasteiger charge is -2.12. The maximum Gasteiger partial charge on any atom is 0.228 e. The van der Waals surface area contributed by atoms with Crippen LogP contribution in [0.1, 0.15) is 41.6 Å². The van der Waals surface area contributed by atoms with Gasteiger partial charge in [0.2, 0.25) is 11.7 Å². The fourth-order valence-electron chi connectivity index (χ4n) is 3.36. The summed E-state index contributed by atoms with van der Waals surface area (Å²) in [5.41, 5.74) is 2.20. The van der Waals surface area contributed by atoms with Gasteiger partial charge in [0.15, 0.2) is 5.76 Å². The van der Waals surface area contributed by atoms with Gasteiger partial charge in [-0.1, -0.05) is 54.6 Å². The molecule has 0 saturated heterocycles. The predicted molar refractivity (Wildman–Crippen MR) is 106 cm³/mol. The highest BCUT2D eigenvalue weighted by Crippen LogP contribution is 2.29. The first kappa shape index (κ1) is 17.0. The number of rotatable bonds is 4. The number of carbonyl (C=O) groups excluding carboxylic acids is 2. The van der Waals surface area contributed by atoms with E-state index in [0.29, 0.717) is 16.9 Å². The van der Waals surface area contributed by atoms with Gasteiger partial charge in [-0.25, -0.2) is 0 Å². The third kappa shape index (κ3) is 3.22. The van der Waals surface area contributed by atoms with Crippen molar-refractivity contribution in [3.05, 3.63) is 83.6 Å². The topological polar surface area (TPSA) is 59.3 Å². The molecule has 0 spiro atoms. The van der Waals surface area contributed by atoms with Gasteiger partial charge in [0.25, 0.3) is 0 Å². The molecule has 3 aromatic carbocycles. The Labute approximate surface area is 156 Å². The number of nitrogens with one attached hydrogen (secondary N) is 1. The number of hydrogen-bond acceptors (Lipinski definition) is 3. The first-order valence-electron chi connectivity index (χ1n) is 8.86. The Balaban J connectivity index is 1.66. The van der Waals surface area contributed by atoms with Crippen molar-refractivity contribution in [3.8, 4) is 0 Å². The molecule has 4 aromatic rings. The van der Waals surface area contributed by atoms with Gasteiger partial charge in [-0.3, -0.25) is 9.59 Å². The number of benzene rings is 3. The third-order valence-corrected chi connectivity index (χ3v) is 4.74. The highest BCUT2D eigenvalue weighted by molar-refractivity contribution is 6.13. The van der Waals surface area contributed by atoms with E-state index >= 15 is 0 Å². The summed E-state index contributed by atoms with van der Waals surface area (Å²) in [6.07, 6.45) is 0. The van der Waals surface area contributed by atoms with Crippen molar-refractivity contribution in [2.45, 2.75) is 19.9 Å². The van der Waals surface area contributed by atoms with E-state index < -0.39 is 0 Å². The van der Waals surface area contributed by atoms with Crippen LogP contribution in [0.15, 0.2) is 71.1 Å². The van der Waals surface area contributed by atoms with E-state index in [2.05, 4.69) is 5.32 Å². The molecule has 0 unspecified atom stereocenters. The van der Waals surface area contributed by atoms with Crippen LogP contribution in [-0.2, 0) is 4.79 Å². The molecule has 134 valence electrons. The average Bonchev–Trinajstić information content (AvgIpc) is 3.12. The molecule has 0 aliphatic heterocycles. The molecule has 0 aliphatic carbocycles. The first-order chi connectivity index (χ1) is 13.0. The average molecular weight is 357 g/mol. The third-order valence-electron chi connectivity index (χ3n) is 4.74. The van der Waals surface area contributed by atoms with E-state index in [1.54, 1.807) is 12.1 Å². The summed E-state index contributed by atoms with van der Waals surface area (Å²) in [6, 6.07) is 20.9. The van der Waals surface area contributed by atoms with E-state index in [1.807, 2.05) is 61.5 Å². The quantitative estimate of drug-likeness (QED) is 0.522. The van der Waals surface area contributed by atoms with Crippen molar-refractivity contribution < 1.29 is 14.0 Å². The molecular formula is C23H19NO3. The molecule has 1 amide bonds. The van der Waals surface area contributed by atoms with Gasteiger partial charge in [-0.2, -0.15) is 0 Å². The fraction of sp³-hybridized carbons (Fsp3) is 0.130. The van der Waals surface area contributed by atoms with Crippen molar-refractivity contribution in [2.75, 3.05) is 0 Å². The molecule has 27 heavy (non-hydrogen) atoms. The Morgan fingerprint density at radius 2 is 1.67 bits per heavy atom. The molecular weight excluding hydrogens is 338 g/mol. The zero-order valence-electron chi connectivity index (χ0n) is 15.2. The lowest BCUT2D eigenvalue weighted by molar-refractivity contribution is -0.119. The van der Waals surface area contributed by atoms with Crippen LogP contribution >= 0.6 is 0 Å². The minimum Gasteiger partial charge on any atom is -0.453 e.